The summed E-state index contributed by atoms with van der Waals surface area (Å²) in [6.45, 7) is 2.14. The second kappa shape index (κ2) is 4.87. The van der Waals surface area contributed by atoms with Gasteiger partial charge >= 0.3 is 11.9 Å². The van der Waals surface area contributed by atoms with E-state index in [1.54, 1.807) is 0 Å². The van der Waals surface area contributed by atoms with Crippen LogP contribution in [0.25, 0.3) is 11.0 Å². The second-order valence-corrected chi connectivity index (χ2v) is 3.85. The summed E-state index contributed by atoms with van der Waals surface area (Å²) in [4.78, 5) is 29.5. The number of ether oxygens (including phenoxy) is 1. The second-order valence-electron chi connectivity index (χ2n) is 3.85. The number of rotatable bonds is 2. The van der Waals surface area contributed by atoms with Crippen LogP contribution in [0, 0.1) is 6.92 Å². The summed E-state index contributed by atoms with van der Waals surface area (Å²) in [5.74, 6) is -0.812. The number of aryl methyl sites for hydroxylation is 1. The molecule has 1 aromatic carbocycles. The molecule has 6 nitrogen and oxygen atoms in total. The number of nitrogens with zero attached hydrogens (tertiary/aromatic N) is 1. The van der Waals surface area contributed by atoms with Crippen molar-refractivity contribution in [3.63, 3.8) is 0 Å². The van der Waals surface area contributed by atoms with Gasteiger partial charge in [0, 0.05) is 6.54 Å². The number of H-pyrrole nitrogens is 1. The molecular formula is C12H13N3O3. The van der Waals surface area contributed by atoms with Crippen molar-refractivity contribution < 1.29 is 14.3 Å². The number of carbonyl (C=O) groups is 2. The molecule has 0 aliphatic carbocycles. The smallest absolute Gasteiger partial charge is 0.396 e. The third kappa shape index (κ3) is 2.48. The van der Waals surface area contributed by atoms with Crippen LogP contribution in [-0.2, 0) is 20.9 Å². The first-order valence-corrected chi connectivity index (χ1v) is 5.41. The minimum Gasteiger partial charge on any atom is -0.462 e. The summed E-state index contributed by atoms with van der Waals surface area (Å²) >= 11 is 0. The van der Waals surface area contributed by atoms with E-state index in [-0.39, 0.29) is 6.54 Å². The van der Waals surface area contributed by atoms with Crippen molar-refractivity contribution in [3.05, 3.63) is 29.6 Å². The minimum atomic E-state index is -0.895. The number of esters is 1. The normalized spacial score (nSPS) is 10.3. The molecule has 18 heavy (non-hydrogen) atoms. The van der Waals surface area contributed by atoms with Crippen LogP contribution in [0.3, 0.4) is 0 Å². The standard InChI is InChI=1S/C12H13N3O3/c1-7-14-9-4-3-8(5-10(9)15-7)6-13-11(16)12(17)18-2/h3-5H,6H2,1-2H3,(H,13,16)(H,14,15). The Morgan fingerprint density at radius 3 is 2.94 bits per heavy atom. The van der Waals surface area contributed by atoms with E-state index in [9.17, 15) is 9.59 Å². The van der Waals surface area contributed by atoms with Crippen LogP contribution in [0.4, 0.5) is 0 Å². The van der Waals surface area contributed by atoms with Gasteiger partial charge in [0.25, 0.3) is 0 Å². The summed E-state index contributed by atoms with van der Waals surface area (Å²) in [6, 6.07) is 5.59. The number of imidazole rings is 1. The number of hydrogen-bond acceptors (Lipinski definition) is 4. The Morgan fingerprint density at radius 2 is 2.22 bits per heavy atom. The molecule has 0 aliphatic rings. The number of aromatic nitrogens is 2. The Kier molecular flexibility index (Phi) is 3.27. The first-order chi connectivity index (χ1) is 8.60. The van der Waals surface area contributed by atoms with Crippen molar-refractivity contribution in [2.75, 3.05) is 7.11 Å². The first-order valence-electron chi connectivity index (χ1n) is 5.41. The van der Waals surface area contributed by atoms with E-state index < -0.39 is 11.9 Å². The number of amides is 1. The fourth-order valence-corrected chi connectivity index (χ4v) is 1.64. The maximum atomic E-state index is 11.2. The molecule has 0 radical (unpaired) electrons. The SMILES string of the molecule is COC(=O)C(=O)NCc1ccc2nc(C)[nH]c2c1. The van der Waals surface area contributed by atoms with Crippen LogP contribution >= 0.6 is 0 Å². The van der Waals surface area contributed by atoms with Gasteiger partial charge in [0.05, 0.1) is 18.1 Å². The van der Waals surface area contributed by atoms with Crippen LogP contribution in [0.15, 0.2) is 18.2 Å². The van der Waals surface area contributed by atoms with E-state index in [1.807, 2.05) is 25.1 Å². The van der Waals surface area contributed by atoms with E-state index in [2.05, 4.69) is 20.0 Å². The maximum Gasteiger partial charge on any atom is 0.396 e. The lowest BCUT2D eigenvalue weighted by Gasteiger charge is -2.03. The van der Waals surface area contributed by atoms with Crippen molar-refractivity contribution in [1.29, 1.82) is 0 Å². The van der Waals surface area contributed by atoms with Gasteiger partial charge in [-0.15, -0.1) is 0 Å². The topological polar surface area (TPSA) is 84.1 Å². The zero-order valence-corrected chi connectivity index (χ0v) is 10.1. The van der Waals surface area contributed by atoms with Gasteiger partial charge in [0.15, 0.2) is 0 Å². The zero-order chi connectivity index (χ0) is 13.1. The highest BCUT2D eigenvalue weighted by atomic mass is 16.5. The molecule has 2 aromatic rings. The third-order valence-electron chi connectivity index (χ3n) is 2.49. The van der Waals surface area contributed by atoms with Crippen molar-refractivity contribution in [3.8, 4) is 0 Å². The highest BCUT2D eigenvalue weighted by Gasteiger charge is 2.12. The Labute approximate surface area is 103 Å². The average molecular weight is 247 g/mol. The Bertz CT molecular complexity index is 604. The van der Waals surface area contributed by atoms with E-state index in [0.717, 1.165) is 22.4 Å². The van der Waals surface area contributed by atoms with Crippen molar-refractivity contribution in [1.82, 2.24) is 15.3 Å². The molecule has 1 aromatic heterocycles. The molecule has 0 saturated heterocycles. The Balaban J connectivity index is 2.08. The van der Waals surface area contributed by atoms with E-state index in [1.165, 1.54) is 7.11 Å². The zero-order valence-electron chi connectivity index (χ0n) is 10.1. The molecule has 6 heteroatoms. The summed E-state index contributed by atoms with van der Waals surface area (Å²) in [5, 5.41) is 2.47. The van der Waals surface area contributed by atoms with Gasteiger partial charge in [-0.3, -0.25) is 4.79 Å². The molecule has 0 saturated carbocycles. The van der Waals surface area contributed by atoms with Crippen LogP contribution in [0.5, 0.6) is 0 Å². The fraction of sp³-hybridized carbons (Fsp3) is 0.250. The average Bonchev–Trinajstić information content (AvgIpc) is 2.74. The number of hydrogen-bond donors (Lipinski definition) is 2. The molecule has 0 unspecified atom stereocenters. The Morgan fingerprint density at radius 1 is 1.44 bits per heavy atom. The Hall–Kier alpha value is -2.37. The number of carbonyl (C=O) groups excluding carboxylic acids is 2. The monoisotopic (exact) mass is 247 g/mol. The summed E-state index contributed by atoms with van der Waals surface area (Å²) in [7, 11) is 1.17. The number of aromatic amines is 1. The van der Waals surface area contributed by atoms with Crippen LogP contribution in [-0.4, -0.2) is 29.0 Å². The molecule has 0 aliphatic heterocycles. The van der Waals surface area contributed by atoms with Crippen LogP contribution in [0.2, 0.25) is 0 Å². The van der Waals surface area contributed by atoms with Crippen molar-refractivity contribution >= 4 is 22.9 Å². The van der Waals surface area contributed by atoms with Gasteiger partial charge in [0.2, 0.25) is 0 Å². The molecular weight excluding hydrogens is 234 g/mol. The highest BCUT2D eigenvalue weighted by molar-refractivity contribution is 6.32. The number of benzene rings is 1. The number of nitrogens with one attached hydrogen (secondary N) is 2. The summed E-state index contributed by atoms with van der Waals surface area (Å²) in [5.41, 5.74) is 2.65. The molecule has 0 spiro atoms. The fourth-order valence-electron chi connectivity index (χ4n) is 1.64. The van der Waals surface area contributed by atoms with E-state index in [4.69, 9.17) is 0 Å². The molecule has 2 rings (SSSR count). The van der Waals surface area contributed by atoms with Crippen molar-refractivity contribution in [2.45, 2.75) is 13.5 Å². The van der Waals surface area contributed by atoms with Crippen molar-refractivity contribution in [2.24, 2.45) is 0 Å². The van der Waals surface area contributed by atoms with Crippen LogP contribution in [0.1, 0.15) is 11.4 Å². The lowest BCUT2D eigenvalue weighted by Crippen LogP contribution is -2.31. The molecule has 2 N–H and O–H groups in total. The molecule has 94 valence electrons. The number of methoxy groups -OCH3 is 1. The van der Waals surface area contributed by atoms with Gasteiger partial charge in [-0.1, -0.05) is 6.07 Å². The highest BCUT2D eigenvalue weighted by Crippen LogP contribution is 2.13. The maximum absolute atomic E-state index is 11.2. The predicted octanol–water partition coefficient (Wildman–Crippen LogP) is 0.661. The van der Waals surface area contributed by atoms with Gasteiger partial charge in [-0.2, -0.15) is 0 Å². The molecule has 0 fully saturated rings. The summed E-state index contributed by atoms with van der Waals surface area (Å²) < 4.78 is 4.31. The molecule has 1 amide bonds. The lowest BCUT2D eigenvalue weighted by molar-refractivity contribution is -0.152. The lowest BCUT2D eigenvalue weighted by atomic mass is 10.2. The quantitative estimate of drug-likeness (QED) is 0.603. The number of fused-ring (bicyclic) bond motifs is 1. The largest absolute Gasteiger partial charge is 0.462 e. The van der Waals surface area contributed by atoms with Crippen LogP contribution < -0.4 is 5.32 Å². The minimum absolute atomic E-state index is 0.266. The molecule has 1 heterocycles. The first kappa shape index (κ1) is 12.1. The molecule has 0 bridgehead atoms. The van der Waals surface area contributed by atoms with Gasteiger partial charge in [0.1, 0.15) is 5.82 Å². The summed E-state index contributed by atoms with van der Waals surface area (Å²) in [6.07, 6.45) is 0. The predicted molar refractivity (Wildman–Crippen MR) is 64.7 cm³/mol. The molecule has 0 atom stereocenters. The van der Waals surface area contributed by atoms with Gasteiger partial charge in [-0.05, 0) is 24.6 Å². The third-order valence-corrected chi connectivity index (χ3v) is 2.49. The van der Waals surface area contributed by atoms with E-state index >= 15 is 0 Å². The van der Waals surface area contributed by atoms with Gasteiger partial charge < -0.3 is 15.0 Å². The van der Waals surface area contributed by atoms with Gasteiger partial charge in [-0.25, -0.2) is 9.78 Å². The van der Waals surface area contributed by atoms with E-state index in [0.29, 0.717) is 0 Å².